The van der Waals surface area contributed by atoms with E-state index in [4.69, 9.17) is 5.73 Å². The van der Waals surface area contributed by atoms with Crippen molar-refractivity contribution in [3.05, 3.63) is 69.3 Å². The second-order valence-corrected chi connectivity index (χ2v) is 8.45. The zero-order valence-corrected chi connectivity index (χ0v) is 18.2. The molecule has 2 heterocycles. The first-order chi connectivity index (χ1) is 15.6. The molecule has 0 saturated carbocycles. The van der Waals surface area contributed by atoms with Crippen LogP contribution in [0, 0.1) is 23.4 Å². The van der Waals surface area contributed by atoms with E-state index in [-0.39, 0.29) is 40.7 Å². The minimum atomic E-state index is -1.53. The van der Waals surface area contributed by atoms with Crippen LogP contribution < -0.4 is 16.1 Å². The van der Waals surface area contributed by atoms with Gasteiger partial charge < -0.3 is 20.3 Å². The molecule has 9 heteroatoms. The Morgan fingerprint density at radius 1 is 1.21 bits per heavy atom. The lowest BCUT2D eigenvalue weighted by Gasteiger charge is -2.38. The maximum atomic E-state index is 15.5. The Morgan fingerprint density at radius 2 is 1.94 bits per heavy atom. The van der Waals surface area contributed by atoms with Gasteiger partial charge in [-0.3, -0.25) is 4.79 Å². The van der Waals surface area contributed by atoms with Crippen molar-refractivity contribution in [2.45, 2.75) is 32.7 Å². The van der Waals surface area contributed by atoms with Crippen LogP contribution in [0.2, 0.25) is 0 Å². The summed E-state index contributed by atoms with van der Waals surface area (Å²) in [6.07, 6.45) is 1.95. The van der Waals surface area contributed by atoms with Crippen molar-refractivity contribution in [2.24, 2.45) is 11.7 Å². The molecular weight excluding hydrogens is 435 g/mol. The van der Waals surface area contributed by atoms with Crippen LogP contribution in [0.5, 0.6) is 0 Å². The molecule has 0 bridgehead atoms. The lowest BCUT2D eigenvalue weighted by molar-refractivity contribution is 0.0695. The molecule has 0 aliphatic carbocycles. The predicted octanol–water partition coefficient (Wildman–Crippen LogP) is 3.84. The van der Waals surface area contributed by atoms with Crippen LogP contribution in [0.1, 0.15) is 36.2 Å². The Morgan fingerprint density at radius 3 is 2.55 bits per heavy atom. The van der Waals surface area contributed by atoms with E-state index < -0.39 is 34.4 Å². The van der Waals surface area contributed by atoms with Gasteiger partial charge in [0.25, 0.3) is 0 Å². The van der Waals surface area contributed by atoms with Gasteiger partial charge in [-0.1, -0.05) is 13.8 Å². The van der Waals surface area contributed by atoms with Crippen LogP contribution in [0.25, 0.3) is 16.6 Å². The number of pyridine rings is 1. The number of carboxylic acids is 1. The topological polar surface area (TPSA) is 88.6 Å². The highest BCUT2D eigenvalue weighted by Crippen LogP contribution is 2.35. The number of aromatic carboxylic acids is 1. The summed E-state index contributed by atoms with van der Waals surface area (Å²) in [5.41, 5.74) is 5.37. The molecular formula is C24H24F3N3O3. The van der Waals surface area contributed by atoms with Gasteiger partial charge in [-0.2, -0.15) is 0 Å². The van der Waals surface area contributed by atoms with Gasteiger partial charge in [-0.25, -0.2) is 18.0 Å². The lowest BCUT2D eigenvalue weighted by atomic mass is 9.93. The molecule has 1 aliphatic rings. The molecule has 1 fully saturated rings. The zero-order chi connectivity index (χ0) is 24.0. The van der Waals surface area contributed by atoms with Crippen molar-refractivity contribution in [2.75, 3.05) is 18.0 Å². The third-order valence-electron chi connectivity index (χ3n) is 6.35. The molecule has 3 aromatic rings. The number of carboxylic acid groups (broad SMARTS) is 1. The molecule has 0 spiro atoms. The summed E-state index contributed by atoms with van der Waals surface area (Å²) in [4.78, 5) is 26.5. The first-order valence-electron chi connectivity index (χ1n) is 10.7. The van der Waals surface area contributed by atoms with E-state index in [1.165, 1.54) is 4.57 Å². The highest BCUT2D eigenvalue weighted by atomic mass is 19.1. The summed E-state index contributed by atoms with van der Waals surface area (Å²) in [7, 11) is 0. The zero-order valence-electron chi connectivity index (χ0n) is 18.2. The van der Waals surface area contributed by atoms with Crippen LogP contribution in [0.3, 0.4) is 0 Å². The van der Waals surface area contributed by atoms with Gasteiger partial charge in [-0.05, 0) is 37.0 Å². The highest BCUT2D eigenvalue weighted by Gasteiger charge is 2.29. The monoisotopic (exact) mass is 459 g/mol. The molecule has 4 rings (SSSR count). The second-order valence-electron chi connectivity index (χ2n) is 8.45. The summed E-state index contributed by atoms with van der Waals surface area (Å²) in [5, 5.41) is 9.36. The van der Waals surface area contributed by atoms with Crippen molar-refractivity contribution in [3.8, 4) is 5.69 Å². The summed E-state index contributed by atoms with van der Waals surface area (Å²) in [6.45, 7) is 4.75. The largest absolute Gasteiger partial charge is 0.477 e. The van der Waals surface area contributed by atoms with Crippen molar-refractivity contribution < 1.29 is 23.1 Å². The van der Waals surface area contributed by atoms with E-state index >= 15 is 4.39 Å². The Hall–Kier alpha value is -3.33. The summed E-state index contributed by atoms with van der Waals surface area (Å²) in [6, 6.07) is 3.86. The average molecular weight is 459 g/mol. The molecule has 33 heavy (non-hydrogen) atoms. The number of halogens is 3. The van der Waals surface area contributed by atoms with Gasteiger partial charge in [0.2, 0.25) is 5.43 Å². The minimum absolute atomic E-state index is 0.0144. The van der Waals surface area contributed by atoms with E-state index in [0.29, 0.717) is 31.1 Å². The summed E-state index contributed by atoms with van der Waals surface area (Å²) < 4.78 is 45.0. The number of piperidine rings is 1. The molecule has 1 saturated heterocycles. The number of fused-ring (bicyclic) bond motifs is 1. The number of hydrogen-bond acceptors (Lipinski definition) is 4. The molecule has 3 N–H and O–H groups in total. The average Bonchev–Trinajstić information content (AvgIpc) is 2.75. The van der Waals surface area contributed by atoms with Crippen LogP contribution in [0.15, 0.2) is 35.3 Å². The van der Waals surface area contributed by atoms with Gasteiger partial charge in [-0.15, -0.1) is 0 Å². The number of nitrogens with two attached hydrogens (primary N) is 1. The number of benzene rings is 2. The first-order valence-corrected chi connectivity index (χ1v) is 10.7. The molecule has 0 radical (unpaired) electrons. The normalized spacial score (nSPS) is 18.7. The van der Waals surface area contributed by atoms with Crippen molar-refractivity contribution in [1.82, 2.24) is 4.57 Å². The van der Waals surface area contributed by atoms with E-state index in [2.05, 4.69) is 0 Å². The lowest BCUT2D eigenvalue weighted by Crippen LogP contribution is -2.46. The maximum absolute atomic E-state index is 15.5. The number of hydrogen-bond donors (Lipinski definition) is 2. The molecule has 0 amide bonds. The fourth-order valence-corrected chi connectivity index (χ4v) is 4.59. The molecule has 0 unspecified atom stereocenters. The van der Waals surface area contributed by atoms with Crippen LogP contribution in [-0.2, 0) is 6.42 Å². The molecule has 1 aromatic heterocycles. The highest BCUT2D eigenvalue weighted by molar-refractivity contribution is 5.96. The Balaban J connectivity index is 2.10. The number of aryl methyl sites for hydroxylation is 1. The third-order valence-corrected chi connectivity index (χ3v) is 6.35. The Labute approximate surface area is 188 Å². The number of carbonyl (C=O) groups is 1. The quantitative estimate of drug-likeness (QED) is 0.619. The Bertz CT molecular complexity index is 1320. The van der Waals surface area contributed by atoms with Gasteiger partial charge in [0.1, 0.15) is 23.0 Å². The molecule has 2 atom stereocenters. The third kappa shape index (κ3) is 3.86. The van der Waals surface area contributed by atoms with Gasteiger partial charge in [0, 0.05) is 37.0 Å². The standard InChI is InChI=1S/C24H24F3N3O3/c1-3-14-21-15(9-18(27)22(14)29-7-6-19(28)12(2)10-29)23(31)16(24(32)33)11-30(21)20-5-4-13(25)8-17(20)26/h4-5,8-9,11-12,19H,3,6-7,10,28H2,1-2H3,(H,32,33)/t12-,19-/m0/s1. The number of anilines is 1. The number of rotatable bonds is 4. The minimum Gasteiger partial charge on any atom is -0.477 e. The van der Waals surface area contributed by atoms with E-state index in [0.717, 1.165) is 24.4 Å². The van der Waals surface area contributed by atoms with Gasteiger partial charge in [0.15, 0.2) is 0 Å². The van der Waals surface area contributed by atoms with Crippen molar-refractivity contribution in [1.29, 1.82) is 0 Å². The fourth-order valence-electron chi connectivity index (χ4n) is 4.59. The van der Waals surface area contributed by atoms with Crippen LogP contribution >= 0.6 is 0 Å². The fraction of sp³-hybridized carbons (Fsp3) is 0.333. The van der Waals surface area contributed by atoms with Crippen LogP contribution in [-0.4, -0.2) is 34.8 Å². The number of nitrogens with zero attached hydrogens (tertiary/aromatic N) is 2. The molecule has 2 aromatic carbocycles. The summed E-state index contributed by atoms with van der Waals surface area (Å²) >= 11 is 0. The van der Waals surface area contributed by atoms with Gasteiger partial charge >= 0.3 is 5.97 Å². The van der Waals surface area contributed by atoms with Crippen molar-refractivity contribution >= 4 is 22.6 Å². The molecule has 1 aliphatic heterocycles. The van der Waals surface area contributed by atoms with E-state index in [9.17, 15) is 23.5 Å². The number of aromatic nitrogens is 1. The van der Waals surface area contributed by atoms with E-state index in [1.54, 1.807) is 6.92 Å². The van der Waals surface area contributed by atoms with E-state index in [1.807, 2.05) is 11.8 Å². The predicted molar refractivity (Wildman–Crippen MR) is 120 cm³/mol. The molecule has 174 valence electrons. The van der Waals surface area contributed by atoms with Crippen molar-refractivity contribution in [3.63, 3.8) is 0 Å². The first kappa shape index (κ1) is 22.8. The maximum Gasteiger partial charge on any atom is 0.341 e. The Kier molecular flexibility index (Phi) is 5.92. The van der Waals surface area contributed by atoms with Crippen LogP contribution in [0.4, 0.5) is 18.9 Å². The SMILES string of the molecule is CCc1c(N2CC[C@H](N)[C@@H](C)C2)c(F)cc2c(=O)c(C(=O)O)cn(-c3ccc(F)cc3F)c12. The molecule has 6 nitrogen and oxygen atoms in total. The van der Waals surface area contributed by atoms with Gasteiger partial charge in [0.05, 0.1) is 22.3 Å². The second kappa shape index (κ2) is 8.55. The smallest absolute Gasteiger partial charge is 0.341 e. The summed E-state index contributed by atoms with van der Waals surface area (Å²) in [5.74, 6) is -3.83.